The Morgan fingerprint density at radius 3 is 2.59 bits per heavy atom. The molecule has 6 heteroatoms. The maximum atomic E-state index is 12.4. The van der Waals surface area contributed by atoms with E-state index in [1.165, 1.54) is 13.2 Å². The van der Waals surface area contributed by atoms with Crippen LogP contribution in [-0.4, -0.2) is 25.7 Å². The molecule has 1 saturated carbocycles. The fraction of sp³-hybridized carbons (Fsp3) is 0.562. The van der Waals surface area contributed by atoms with E-state index in [0.29, 0.717) is 12.1 Å². The summed E-state index contributed by atoms with van der Waals surface area (Å²) in [7, 11) is 1.41. The normalized spacial score (nSPS) is 21.6. The molecule has 0 aliphatic heterocycles. The molecule has 0 bridgehead atoms. The van der Waals surface area contributed by atoms with E-state index in [4.69, 9.17) is 4.74 Å². The standard InChI is InChI=1S/C16H21F2NO3/c1-21-15(20)11-6-8-13(9-7-11)19-10-12-4-2-3-5-14(12)22-16(17)18/h2-5,11,13,16,19H,6-10H2,1H3. The third kappa shape index (κ3) is 4.66. The van der Waals surface area contributed by atoms with Crippen LogP contribution >= 0.6 is 0 Å². The average Bonchev–Trinajstić information content (AvgIpc) is 2.53. The van der Waals surface area contributed by atoms with Crippen LogP contribution in [0.1, 0.15) is 31.2 Å². The number of methoxy groups -OCH3 is 1. The van der Waals surface area contributed by atoms with Crippen molar-refractivity contribution in [2.75, 3.05) is 7.11 Å². The molecule has 0 spiro atoms. The van der Waals surface area contributed by atoms with Crippen LogP contribution in [0.3, 0.4) is 0 Å². The number of benzene rings is 1. The molecule has 122 valence electrons. The van der Waals surface area contributed by atoms with Gasteiger partial charge in [-0.15, -0.1) is 0 Å². The molecule has 1 fully saturated rings. The lowest BCUT2D eigenvalue weighted by molar-refractivity contribution is -0.146. The van der Waals surface area contributed by atoms with Gasteiger partial charge in [-0.3, -0.25) is 4.79 Å². The van der Waals surface area contributed by atoms with Crippen molar-refractivity contribution in [2.24, 2.45) is 5.92 Å². The van der Waals surface area contributed by atoms with Crippen molar-refractivity contribution in [2.45, 2.75) is 44.9 Å². The van der Waals surface area contributed by atoms with Crippen LogP contribution in [0.15, 0.2) is 24.3 Å². The van der Waals surface area contributed by atoms with Crippen molar-refractivity contribution in [3.05, 3.63) is 29.8 Å². The summed E-state index contributed by atoms with van der Waals surface area (Å²) in [5.74, 6) is 0.0416. The second kappa shape index (κ2) is 8.08. The lowest BCUT2D eigenvalue weighted by Crippen LogP contribution is -2.35. The number of ether oxygens (including phenoxy) is 2. The maximum Gasteiger partial charge on any atom is 0.387 e. The molecule has 0 atom stereocenters. The van der Waals surface area contributed by atoms with Crippen LogP contribution in [0.2, 0.25) is 0 Å². The number of carbonyl (C=O) groups excluding carboxylic acids is 1. The highest BCUT2D eigenvalue weighted by Gasteiger charge is 2.26. The summed E-state index contributed by atoms with van der Waals surface area (Å²) >= 11 is 0. The lowest BCUT2D eigenvalue weighted by atomic mass is 9.86. The summed E-state index contributed by atoms with van der Waals surface area (Å²) in [4.78, 5) is 11.5. The Morgan fingerprint density at radius 1 is 1.27 bits per heavy atom. The topological polar surface area (TPSA) is 47.6 Å². The Kier molecular flexibility index (Phi) is 6.12. The third-order valence-corrected chi connectivity index (χ3v) is 4.03. The molecule has 0 aromatic heterocycles. The molecule has 1 aliphatic rings. The molecular weight excluding hydrogens is 292 g/mol. The summed E-state index contributed by atoms with van der Waals surface area (Å²) < 4.78 is 34.0. The number of para-hydroxylation sites is 1. The molecule has 2 rings (SSSR count). The minimum absolute atomic E-state index is 0.0162. The van der Waals surface area contributed by atoms with Gasteiger partial charge in [-0.25, -0.2) is 0 Å². The molecule has 1 N–H and O–H groups in total. The Balaban J connectivity index is 1.83. The highest BCUT2D eigenvalue weighted by Crippen LogP contribution is 2.26. The van der Waals surface area contributed by atoms with Gasteiger partial charge in [-0.2, -0.15) is 8.78 Å². The second-order valence-electron chi connectivity index (χ2n) is 5.44. The van der Waals surface area contributed by atoms with E-state index in [1.54, 1.807) is 18.2 Å². The van der Waals surface area contributed by atoms with E-state index < -0.39 is 6.61 Å². The molecule has 4 nitrogen and oxygen atoms in total. The number of hydrogen-bond acceptors (Lipinski definition) is 4. The van der Waals surface area contributed by atoms with Crippen LogP contribution in [0.4, 0.5) is 8.78 Å². The molecule has 0 radical (unpaired) electrons. The summed E-state index contributed by atoms with van der Waals surface area (Å²) in [6.45, 7) is -2.35. The smallest absolute Gasteiger partial charge is 0.387 e. The van der Waals surface area contributed by atoms with Gasteiger partial charge in [0.05, 0.1) is 13.0 Å². The predicted octanol–water partition coefficient (Wildman–Crippen LogP) is 3.11. The van der Waals surface area contributed by atoms with Crippen LogP contribution in [0, 0.1) is 5.92 Å². The van der Waals surface area contributed by atoms with Gasteiger partial charge in [0, 0.05) is 18.2 Å². The Morgan fingerprint density at radius 2 is 1.95 bits per heavy atom. The minimum atomic E-state index is -2.82. The zero-order valence-electron chi connectivity index (χ0n) is 12.6. The molecule has 22 heavy (non-hydrogen) atoms. The largest absolute Gasteiger partial charge is 0.469 e. The summed E-state index contributed by atoms with van der Waals surface area (Å²) in [5, 5.41) is 3.35. The van der Waals surface area contributed by atoms with Crippen LogP contribution in [0.5, 0.6) is 5.75 Å². The maximum absolute atomic E-state index is 12.4. The summed E-state index contributed by atoms with van der Waals surface area (Å²) in [6, 6.07) is 7.05. The fourth-order valence-corrected chi connectivity index (χ4v) is 2.82. The van der Waals surface area contributed by atoms with E-state index in [1.807, 2.05) is 0 Å². The van der Waals surface area contributed by atoms with Crippen LogP contribution in [0.25, 0.3) is 0 Å². The molecular formula is C16H21F2NO3. The van der Waals surface area contributed by atoms with Gasteiger partial charge < -0.3 is 14.8 Å². The Bertz CT molecular complexity index is 488. The van der Waals surface area contributed by atoms with Gasteiger partial charge in [-0.1, -0.05) is 18.2 Å². The van der Waals surface area contributed by atoms with Gasteiger partial charge in [0.1, 0.15) is 5.75 Å². The van der Waals surface area contributed by atoms with Crippen molar-refractivity contribution in [3.8, 4) is 5.75 Å². The fourth-order valence-electron chi connectivity index (χ4n) is 2.82. The molecule has 0 amide bonds. The Labute approximate surface area is 128 Å². The van der Waals surface area contributed by atoms with Crippen molar-refractivity contribution < 1.29 is 23.0 Å². The molecule has 1 aromatic rings. The van der Waals surface area contributed by atoms with E-state index in [9.17, 15) is 13.6 Å². The number of hydrogen-bond donors (Lipinski definition) is 1. The van der Waals surface area contributed by atoms with Gasteiger partial charge >= 0.3 is 12.6 Å². The zero-order valence-corrected chi connectivity index (χ0v) is 12.6. The highest BCUT2D eigenvalue weighted by molar-refractivity contribution is 5.72. The molecule has 0 heterocycles. The first-order valence-electron chi connectivity index (χ1n) is 7.44. The second-order valence-corrected chi connectivity index (χ2v) is 5.44. The molecule has 0 saturated heterocycles. The van der Waals surface area contributed by atoms with E-state index in [2.05, 4.69) is 10.1 Å². The van der Waals surface area contributed by atoms with E-state index >= 15 is 0 Å². The number of alkyl halides is 2. The number of halogens is 2. The number of esters is 1. The quantitative estimate of drug-likeness (QED) is 0.820. The highest BCUT2D eigenvalue weighted by atomic mass is 19.3. The molecule has 0 unspecified atom stereocenters. The van der Waals surface area contributed by atoms with Gasteiger partial charge in [0.2, 0.25) is 0 Å². The average molecular weight is 313 g/mol. The number of carbonyl (C=O) groups is 1. The van der Waals surface area contributed by atoms with Crippen molar-refractivity contribution in [3.63, 3.8) is 0 Å². The van der Waals surface area contributed by atoms with Gasteiger partial charge in [0.15, 0.2) is 0 Å². The molecule has 1 aromatic carbocycles. The van der Waals surface area contributed by atoms with Crippen LogP contribution < -0.4 is 10.1 Å². The van der Waals surface area contributed by atoms with Crippen molar-refractivity contribution in [1.29, 1.82) is 0 Å². The predicted molar refractivity (Wildman–Crippen MR) is 77.7 cm³/mol. The van der Waals surface area contributed by atoms with Gasteiger partial charge in [-0.05, 0) is 31.7 Å². The minimum Gasteiger partial charge on any atom is -0.469 e. The van der Waals surface area contributed by atoms with Crippen LogP contribution in [-0.2, 0) is 16.1 Å². The van der Waals surface area contributed by atoms with Gasteiger partial charge in [0.25, 0.3) is 0 Å². The molecule has 1 aliphatic carbocycles. The zero-order chi connectivity index (χ0) is 15.9. The Hall–Kier alpha value is -1.69. The van der Waals surface area contributed by atoms with E-state index in [0.717, 1.165) is 25.7 Å². The van der Waals surface area contributed by atoms with E-state index in [-0.39, 0.29) is 23.7 Å². The van der Waals surface area contributed by atoms with Crippen molar-refractivity contribution in [1.82, 2.24) is 5.32 Å². The number of nitrogens with one attached hydrogen (secondary N) is 1. The van der Waals surface area contributed by atoms with Crippen molar-refractivity contribution >= 4 is 5.97 Å². The first kappa shape index (κ1) is 16.7. The SMILES string of the molecule is COC(=O)C1CCC(NCc2ccccc2OC(F)F)CC1. The lowest BCUT2D eigenvalue weighted by Gasteiger charge is -2.28. The third-order valence-electron chi connectivity index (χ3n) is 4.03. The first-order chi connectivity index (χ1) is 10.6. The monoisotopic (exact) mass is 313 g/mol. The summed E-state index contributed by atoms with van der Waals surface area (Å²) in [5.41, 5.74) is 0.706. The first-order valence-corrected chi connectivity index (χ1v) is 7.44. The number of rotatable bonds is 6. The summed E-state index contributed by atoms with van der Waals surface area (Å²) in [6.07, 6.45) is 3.33.